The molecule has 5 unspecified atom stereocenters. The Labute approximate surface area is 121 Å². The standard InChI is InChI=1S/C11H19N3O5S/c1-12-11(17)18-4-5-7(15)8(16)6-9(19-5)20-10(13-6)14(2)3/h5-9,15-16H,4H2,1-3H3,(H,12,17). The Balaban J connectivity index is 2.00. The molecule has 8 nitrogen and oxygen atoms in total. The van der Waals surface area contributed by atoms with Crippen LogP contribution in [0.4, 0.5) is 4.79 Å². The number of alkyl carbamates (subject to hydrolysis) is 1. The van der Waals surface area contributed by atoms with Crippen LogP contribution < -0.4 is 5.32 Å². The van der Waals surface area contributed by atoms with Crippen molar-refractivity contribution in [2.45, 2.75) is 29.8 Å². The minimum atomic E-state index is -1.15. The predicted molar refractivity (Wildman–Crippen MR) is 73.6 cm³/mol. The molecule has 0 aliphatic carbocycles. The number of amides is 1. The molecule has 1 amide bonds. The number of nitrogens with zero attached hydrogens (tertiary/aromatic N) is 2. The summed E-state index contributed by atoms with van der Waals surface area (Å²) in [5, 5.41) is 23.2. The van der Waals surface area contributed by atoms with E-state index in [1.807, 2.05) is 19.0 Å². The molecule has 1 fully saturated rings. The van der Waals surface area contributed by atoms with E-state index in [1.165, 1.54) is 18.8 Å². The molecule has 0 radical (unpaired) electrons. The summed E-state index contributed by atoms with van der Waals surface area (Å²) in [6.45, 7) is -0.126. The second-order valence-corrected chi connectivity index (χ2v) is 5.85. The topological polar surface area (TPSA) is 104 Å². The van der Waals surface area contributed by atoms with Crippen molar-refractivity contribution >= 4 is 23.0 Å². The molecule has 0 bridgehead atoms. The molecule has 0 aromatic carbocycles. The van der Waals surface area contributed by atoms with Crippen LogP contribution >= 0.6 is 11.8 Å². The Morgan fingerprint density at radius 3 is 2.80 bits per heavy atom. The molecule has 0 aromatic heterocycles. The largest absolute Gasteiger partial charge is 0.447 e. The number of amidine groups is 1. The van der Waals surface area contributed by atoms with E-state index in [0.29, 0.717) is 0 Å². The first-order chi connectivity index (χ1) is 9.43. The quantitative estimate of drug-likeness (QED) is 0.590. The molecule has 2 aliphatic rings. The Morgan fingerprint density at radius 2 is 2.20 bits per heavy atom. The van der Waals surface area contributed by atoms with Crippen molar-refractivity contribution < 1.29 is 24.5 Å². The highest BCUT2D eigenvalue weighted by atomic mass is 32.2. The highest BCUT2D eigenvalue weighted by Crippen LogP contribution is 2.36. The van der Waals surface area contributed by atoms with Gasteiger partial charge in [0.1, 0.15) is 36.4 Å². The average Bonchev–Trinajstić information content (AvgIpc) is 2.85. The highest BCUT2D eigenvalue weighted by Gasteiger charge is 2.48. The number of hydrogen-bond acceptors (Lipinski definition) is 8. The average molecular weight is 305 g/mol. The normalized spacial score (nSPS) is 36.0. The van der Waals surface area contributed by atoms with Crippen molar-refractivity contribution in [3.8, 4) is 0 Å². The van der Waals surface area contributed by atoms with Crippen LogP contribution in [0.2, 0.25) is 0 Å². The summed E-state index contributed by atoms with van der Waals surface area (Å²) in [7, 11) is 5.13. The first-order valence-corrected chi connectivity index (χ1v) is 7.10. The summed E-state index contributed by atoms with van der Waals surface area (Å²) in [5.74, 6) is 0. The third-order valence-corrected chi connectivity index (χ3v) is 4.42. The van der Waals surface area contributed by atoms with Gasteiger partial charge in [0, 0.05) is 21.1 Å². The smallest absolute Gasteiger partial charge is 0.406 e. The van der Waals surface area contributed by atoms with E-state index in [1.54, 1.807) is 0 Å². The predicted octanol–water partition coefficient (Wildman–Crippen LogP) is -1.18. The van der Waals surface area contributed by atoms with Crippen LogP contribution in [0.25, 0.3) is 0 Å². The van der Waals surface area contributed by atoms with E-state index in [0.717, 1.165) is 5.17 Å². The fourth-order valence-electron chi connectivity index (χ4n) is 2.00. The second-order valence-electron chi connectivity index (χ2n) is 4.79. The van der Waals surface area contributed by atoms with Crippen LogP contribution in [-0.2, 0) is 9.47 Å². The molecule has 1 saturated heterocycles. The second kappa shape index (κ2) is 6.17. The molecule has 5 atom stereocenters. The van der Waals surface area contributed by atoms with E-state index in [4.69, 9.17) is 9.47 Å². The van der Waals surface area contributed by atoms with Gasteiger partial charge < -0.3 is 29.9 Å². The van der Waals surface area contributed by atoms with Crippen molar-refractivity contribution in [2.75, 3.05) is 27.7 Å². The molecule has 114 valence electrons. The lowest BCUT2D eigenvalue weighted by Crippen LogP contribution is -2.56. The van der Waals surface area contributed by atoms with Gasteiger partial charge in [0.2, 0.25) is 0 Å². The SMILES string of the molecule is CNC(=O)OCC1OC2SC(N(C)C)=NC2C(O)C1O. The monoisotopic (exact) mass is 305 g/mol. The Kier molecular flexibility index (Phi) is 4.74. The number of aliphatic hydroxyl groups excluding tert-OH is 2. The highest BCUT2D eigenvalue weighted by molar-refractivity contribution is 8.14. The Morgan fingerprint density at radius 1 is 1.50 bits per heavy atom. The molecular weight excluding hydrogens is 286 g/mol. The van der Waals surface area contributed by atoms with Gasteiger partial charge in [-0.15, -0.1) is 0 Å². The van der Waals surface area contributed by atoms with Gasteiger partial charge in [0.05, 0.1) is 0 Å². The number of aliphatic imine (C=N–C) groups is 1. The van der Waals surface area contributed by atoms with Crippen LogP contribution in [0.1, 0.15) is 0 Å². The van der Waals surface area contributed by atoms with Gasteiger partial charge in [-0.2, -0.15) is 0 Å². The van der Waals surface area contributed by atoms with Crippen LogP contribution in [0.15, 0.2) is 4.99 Å². The van der Waals surface area contributed by atoms with Gasteiger partial charge >= 0.3 is 6.09 Å². The van der Waals surface area contributed by atoms with Crippen molar-refractivity contribution in [1.82, 2.24) is 10.2 Å². The zero-order valence-electron chi connectivity index (χ0n) is 11.5. The van der Waals surface area contributed by atoms with E-state index < -0.39 is 30.4 Å². The summed E-state index contributed by atoms with van der Waals surface area (Å²) in [6.07, 6.45) is -3.57. The summed E-state index contributed by atoms with van der Waals surface area (Å²) < 4.78 is 10.5. The van der Waals surface area contributed by atoms with E-state index in [-0.39, 0.29) is 12.0 Å². The fourth-order valence-corrected chi connectivity index (χ4v) is 3.16. The third kappa shape index (κ3) is 3.00. The maximum atomic E-state index is 11.0. The first kappa shape index (κ1) is 15.4. The fraction of sp³-hybridized carbons (Fsp3) is 0.818. The number of fused-ring (bicyclic) bond motifs is 1. The number of aliphatic hydroxyl groups is 2. The van der Waals surface area contributed by atoms with Crippen molar-refractivity contribution in [3.63, 3.8) is 0 Å². The zero-order chi connectivity index (χ0) is 14.9. The molecule has 2 aliphatic heterocycles. The maximum absolute atomic E-state index is 11.0. The minimum Gasteiger partial charge on any atom is -0.447 e. The van der Waals surface area contributed by atoms with E-state index >= 15 is 0 Å². The number of carbonyl (C=O) groups excluding carboxylic acids is 1. The van der Waals surface area contributed by atoms with Gasteiger partial charge in [0.25, 0.3) is 0 Å². The Bertz CT molecular complexity index is 406. The lowest BCUT2D eigenvalue weighted by molar-refractivity contribution is -0.164. The molecule has 3 N–H and O–H groups in total. The molecule has 2 rings (SSSR count). The first-order valence-electron chi connectivity index (χ1n) is 6.22. The molecule has 20 heavy (non-hydrogen) atoms. The molecular formula is C11H19N3O5S. The minimum absolute atomic E-state index is 0.126. The van der Waals surface area contributed by atoms with Crippen LogP contribution in [0.5, 0.6) is 0 Å². The van der Waals surface area contributed by atoms with Crippen molar-refractivity contribution in [3.05, 3.63) is 0 Å². The van der Waals surface area contributed by atoms with Crippen LogP contribution in [-0.4, -0.2) is 83.9 Å². The number of thioether (sulfide) groups is 1. The van der Waals surface area contributed by atoms with Crippen molar-refractivity contribution in [1.29, 1.82) is 0 Å². The van der Waals surface area contributed by atoms with Gasteiger partial charge in [-0.3, -0.25) is 4.99 Å². The number of carbonyl (C=O) groups is 1. The molecule has 0 aromatic rings. The van der Waals surface area contributed by atoms with Gasteiger partial charge in [0.15, 0.2) is 5.17 Å². The molecule has 0 spiro atoms. The molecule has 2 heterocycles. The lowest BCUT2D eigenvalue weighted by atomic mass is 9.99. The maximum Gasteiger partial charge on any atom is 0.406 e. The van der Waals surface area contributed by atoms with Gasteiger partial charge in [-0.05, 0) is 0 Å². The van der Waals surface area contributed by atoms with Gasteiger partial charge in [-0.1, -0.05) is 11.8 Å². The number of hydrogen-bond donors (Lipinski definition) is 3. The van der Waals surface area contributed by atoms with Crippen LogP contribution in [0.3, 0.4) is 0 Å². The third-order valence-electron chi connectivity index (χ3n) is 3.11. The van der Waals surface area contributed by atoms with E-state index in [9.17, 15) is 15.0 Å². The summed E-state index contributed by atoms with van der Waals surface area (Å²) in [6, 6.07) is -0.511. The Hall–Kier alpha value is -1.03. The van der Waals surface area contributed by atoms with E-state index in [2.05, 4.69) is 10.3 Å². The number of nitrogens with one attached hydrogen (secondary N) is 1. The molecule has 9 heteroatoms. The van der Waals surface area contributed by atoms with Gasteiger partial charge in [-0.25, -0.2) is 4.79 Å². The van der Waals surface area contributed by atoms with Crippen LogP contribution in [0, 0.1) is 0 Å². The number of rotatable bonds is 2. The molecule has 0 saturated carbocycles. The number of ether oxygens (including phenoxy) is 2. The zero-order valence-corrected chi connectivity index (χ0v) is 12.3. The van der Waals surface area contributed by atoms with Crippen molar-refractivity contribution in [2.24, 2.45) is 4.99 Å². The summed E-state index contributed by atoms with van der Waals surface area (Å²) >= 11 is 1.38. The summed E-state index contributed by atoms with van der Waals surface area (Å²) in [4.78, 5) is 17.2. The lowest BCUT2D eigenvalue weighted by Gasteiger charge is -2.37. The summed E-state index contributed by atoms with van der Waals surface area (Å²) in [5.41, 5.74) is -0.385.